The fourth-order valence-electron chi connectivity index (χ4n) is 0.520. The van der Waals surface area contributed by atoms with Gasteiger partial charge in [0.25, 0.3) is 0 Å². The fourth-order valence-corrected chi connectivity index (χ4v) is 1.03. The van der Waals surface area contributed by atoms with Crippen molar-refractivity contribution in [1.82, 2.24) is 0 Å². The normalized spacial score (nSPS) is 9.67. The first-order valence-electron chi connectivity index (χ1n) is 2.41. The molecule has 0 nitrogen and oxygen atoms in total. The van der Waals surface area contributed by atoms with Gasteiger partial charge in [-0.1, -0.05) is 12.1 Å². The molecule has 0 aliphatic carbocycles. The molecule has 0 fully saturated rings. The van der Waals surface area contributed by atoms with Gasteiger partial charge in [-0.25, -0.2) is 4.39 Å². The molecule has 0 spiro atoms. The highest BCUT2D eigenvalue weighted by Gasteiger charge is 1.98. The Morgan fingerprint density at radius 2 is 2.11 bits per heavy atom. The van der Waals surface area contributed by atoms with Crippen LogP contribution in [0.5, 0.6) is 0 Å². The van der Waals surface area contributed by atoms with E-state index < -0.39 is 0 Å². The summed E-state index contributed by atoms with van der Waals surface area (Å²) >= 11 is 3.08. The van der Waals surface area contributed by atoms with Crippen LogP contribution in [-0.2, 0) is 0 Å². The number of rotatable bonds is 0. The van der Waals surface area contributed by atoms with Gasteiger partial charge in [0.2, 0.25) is 0 Å². The smallest absolute Gasteiger partial charge is 0.138 e. The maximum atomic E-state index is 12.5. The zero-order chi connectivity index (χ0) is 6.85. The summed E-state index contributed by atoms with van der Waals surface area (Å²) in [5.74, 6) is -0.220. The summed E-state index contributed by atoms with van der Waals surface area (Å²) in [6.07, 6.45) is 0. The van der Waals surface area contributed by atoms with Crippen molar-refractivity contribution in [2.75, 3.05) is 0 Å². The quantitative estimate of drug-likeness (QED) is 0.571. The van der Waals surface area contributed by atoms with Crippen molar-refractivity contribution >= 4 is 30.5 Å². The minimum Gasteiger partial charge on any atom is -0.206 e. The van der Waals surface area contributed by atoms with E-state index >= 15 is 0 Å². The van der Waals surface area contributed by atoms with Crippen molar-refractivity contribution in [1.29, 1.82) is 0 Å². The Morgan fingerprint density at radius 3 is 2.56 bits per heavy atom. The molecule has 0 bridgehead atoms. The molecule has 48 valence electrons. The second kappa shape index (κ2) is 2.76. The van der Waals surface area contributed by atoms with Gasteiger partial charge in [0.1, 0.15) is 5.82 Å². The second-order valence-corrected chi connectivity index (χ2v) is 3.06. The van der Waals surface area contributed by atoms with Crippen molar-refractivity contribution in [2.45, 2.75) is 0 Å². The molecular formula is C6H5BrFP. The summed E-state index contributed by atoms with van der Waals surface area (Å²) in [4.78, 5) is 0. The van der Waals surface area contributed by atoms with Crippen LogP contribution in [-0.4, -0.2) is 0 Å². The van der Waals surface area contributed by atoms with Gasteiger partial charge in [-0.15, -0.1) is 9.24 Å². The Balaban J connectivity index is 3.25. The molecule has 1 atom stereocenters. The molecule has 0 aliphatic heterocycles. The predicted molar refractivity (Wildman–Crippen MR) is 43.4 cm³/mol. The molecule has 0 amide bonds. The summed E-state index contributed by atoms with van der Waals surface area (Å²) in [6.45, 7) is 0. The molecule has 0 radical (unpaired) electrons. The highest BCUT2D eigenvalue weighted by molar-refractivity contribution is 9.10. The average molecular weight is 207 g/mol. The van der Waals surface area contributed by atoms with Crippen LogP contribution in [0.3, 0.4) is 0 Å². The van der Waals surface area contributed by atoms with Crippen LogP contribution >= 0.6 is 25.2 Å². The van der Waals surface area contributed by atoms with Crippen LogP contribution in [0, 0.1) is 5.82 Å². The highest BCUT2D eigenvalue weighted by Crippen LogP contribution is 2.13. The molecule has 1 aromatic rings. The molecule has 9 heavy (non-hydrogen) atoms. The molecule has 0 saturated carbocycles. The van der Waals surface area contributed by atoms with Crippen LogP contribution in [0.25, 0.3) is 0 Å². The van der Waals surface area contributed by atoms with Gasteiger partial charge in [0.05, 0.1) is 4.47 Å². The lowest BCUT2D eigenvalue weighted by Gasteiger charge is -1.95. The molecule has 0 aliphatic rings. The number of benzene rings is 1. The topological polar surface area (TPSA) is 0 Å². The first kappa shape index (κ1) is 7.17. The van der Waals surface area contributed by atoms with Crippen molar-refractivity contribution in [3.8, 4) is 0 Å². The summed E-state index contributed by atoms with van der Waals surface area (Å²) in [5.41, 5.74) is 0. The Kier molecular flexibility index (Phi) is 2.20. The third-order valence-electron chi connectivity index (χ3n) is 0.981. The second-order valence-electron chi connectivity index (χ2n) is 1.64. The summed E-state index contributed by atoms with van der Waals surface area (Å²) in [7, 11) is 2.43. The lowest BCUT2D eigenvalue weighted by Crippen LogP contribution is -1.93. The molecule has 1 unspecified atom stereocenters. The van der Waals surface area contributed by atoms with Gasteiger partial charge >= 0.3 is 0 Å². The predicted octanol–water partition coefficient (Wildman–Crippen LogP) is 2.09. The SMILES string of the molecule is Fc1cccc(P)c1Br. The number of hydrogen-bond acceptors (Lipinski definition) is 0. The first-order chi connectivity index (χ1) is 4.22. The minimum atomic E-state index is -0.220. The highest BCUT2D eigenvalue weighted by atomic mass is 79.9. The number of halogens is 2. The molecule has 1 rings (SSSR count). The van der Waals surface area contributed by atoms with Crippen LogP contribution in [0.15, 0.2) is 22.7 Å². The third kappa shape index (κ3) is 1.50. The largest absolute Gasteiger partial charge is 0.206 e. The minimum absolute atomic E-state index is 0.220. The Labute approximate surface area is 63.8 Å². The van der Waals surface area contributed by atoms with E-state index in [-0.39, 0.29) is 5.82 Å². The van der Waals surface area contributed by atoms with Crippen molar-refractivity contribution < 1.29 is 4.39 Å². The van der Waals surface area contributed by atoms with E-state index in [0.717, 1.165) is 5.30 Å². The molecule has 0 N–H and O–H groups in total. The van der Waals surface area contributed by atoms with E-state index in [1.807, 2.05) is 6.07 Å². The van der Waals surface area contributed by atoms with Gasteiger partial charge in [-0.05, 0) is 27.3 Å². The van der Waals surface area contributed by atoms with Crippen LogP contribution in [0.4, 0.5) is 4.39 Å². The van der Waals surface area contributed by atoms with E-state index in [1.165, 1.54) is 6.07 Å². The van der Waals surface area contributed by atoms with Crippen LogP contribution in [0.1, 0.15) is 0 Å². The van der Waals surface area contributed by atoms with Crippen LogP contribution in [0.2, 0.25) is 0 Å². The standard InChI is InChI=1S/C6H5BrFP/c7-6-4(8)2-1-3-5(6)9/h1-3H,9H2. The Hall–Kier alpha value is 0.0600. The van der Waals surface area contributed by atoms with Crippen molar-refractivity contribution in [3.05, 3.63) is 28.5 Å². The van der Waals surface area contributed by atoms with E-state index in [4.69, 9.17) is 0 Å². The molecule has 1 aromatic carbocycles. The maximum Gasteiger partial charge on any atom is 0.138 e. The lowest BCUT2D eigenvalue weighted by atomic mass is 10.3. The molecule has 3 heteroatoms. The van der Waals surface area contributed by atoms with Crippen molar-refractivity contribution in [2.24, 2.45) is 0 Å². The van der Waals surface area contributed by atoms with E-state index in [1.54, 1.807) is 6.07 Å². The Bertz CT molecular complexity index is 204. The zero-order valence-electron chi connectivity index (χ0n) is 4.57. The first-order valence-corrected chi connectivity index (χ1v) is 3.78. The molecule has 0 heterocycles. The summed E-state index contributed by atoms with van der Waals surface area (Å²) < 4.78 is 13.0. The van der Waals surface area contributed by atoms with Crippen LogP contribution < -0.4 is 5.30 Å². The molecule has 0 saturated heterocycles. The van der Waals surface area contributed by atoms with Crippen molar-refractivity contribution in [3.63, 3.8) is 0 Å². The monoisotopic (exact) mass is 206 g/mol. The van der Waals surface area contributed by atoms with E-state index in [2.05, 4.69) is 25.2 Å². The van der Waals surface area contributed by atoms with Gasteiger partial charge in [-0.3, -0.25) is 0 Å². The van der Waals surface area contributed by atoms with Gasteiger partial charge in [-0.2, -0.15) is 0 Å². The fraction of sp³-hybridized carbons (Fsp3) is 0. The average Bonchev–Trinajstić information content (AvgIpc) is 1.83. The zero-order valence-corrected chi connectivity index (χ0v) is 7.31. The summed E-state index contributed by atoms with van der Waals surface area (Å²) in [6, 6.07) is 4.90. The van der Waals surface area contributed by atoms with Gasteiger partial charge in [0.15, 0.2) is 0 Å². The maximum absolute atomic E-state index is 12.5. The van der Waals surface area contributed by atoms with Gasteiger partial charge in [0, 0.05) is 0 Å². The third-order valence-corrected chi connectivity index (χ3v) is 2.72. The van der Waals surface area contributed by atoms with E-state index in [9.17, 15) is 4.39 Å². The molecular weight excluding hydrogens is 202 g/mol. The van der Waals surface area contributed by atoms with Gasteiger partial charge < -0.3 is 0 Å². The number of hydrogen-bond donors (Lipinski definition) is 0. The Morgan fingerprint density at radius 1 is 1.44 bits per heavy atom. The lowest BCUT2D eigenvalue weighted by molar-refractivity contribution is 0.622. The van der Waals surface area contributed by atoms with E-state index in [0.29, 0.717) is 4.47 Å². The summed E-state index contributed by atoms with van der Waals surface area (Å²) in [5, 5.41) is 0.843. The molecule has 0 aromatic heterocycles.